The lowest BCUT2D eigenvalue weighted by atomic mass is 9.94. The number of H-pyrrole nitrogens is 2. The third kappa shape index (κ3) is 5.55. The molecule has 0 unspecified atom stereocenters. The molecule has 0 bridgehead atoms. The zero-order valence-corrected chi connectivity index (χ0v) is 22.7. The van der Waals surface area contributed by atoms with Crippen LogP contribution >= 0.6 is 0 Å². The van der Waals surface area contributed by atoms with Crippen molar-refractivity contribution in [2.24, 2.45) is 5.92 Å². The molecule has 3 aromatic carbocycles. The highest BCUT2D eigenvalue weighted by Crippen LogP contribution is 2.30. The Morgan fingerprint density at radius 2 is 1.88 bits per heavy atom. The number of carboxylic acid groups (broad SMARTS) is 1. The molecule has 2 aromatic heterocycles. The Balaban J connectivity index is 1.26. The van der Waals surface area contributed by atoms with Gasteiger partial charge in [-0.2, -0.15) is 5.10 Å². The van der Waals surface area contributed by atoms with Gasteiger partial charge in [0.05, 0.1) is 22.1 Å². The number of imidazole rings is 1. The normalized spacial score (nSPS) is 14.6. The van der Waals surface area contributed by atoms with Crippen LogP contribution < -0.4 is 10.5 Å². The largest absolute Gasteiger partial charge is 0.465 e. The summed E-state index contributed by atoms with van der Waals surface area (Å²) in [5.41, 5.74) is 3.54. The van der Waals surface area contributed by atoms with Crippen molar-refractivity contribution in [3.8, 4) is 11.1 Å². The monoisotopic (exact) mass is 554 g/mol. The number of nitrogens with one attached hydrogen (secondary N) is 2. The lowest BCUT2D eigenvalue weighted by Crippen LogP contribution is -2.35. The van der Waals surface area contributed by atoms with E-state index in [1.165, 1.54) is 11.0 Å². The summed E-state index contributed by atoms with van der Waals surface area (Å²) in [6, 6.07) is 17.5. The predicted molar refractivity (Wildman–Crippen MR) is 157 cm³/mol. The highest BCUT2D eigenvalue weighted by atomic mass is 19.1. The molecular formula is C31H31FN6O3. The fourth-order valence-electron chi connectivity index (χ4n) is 5.65. The molecule has 0 radical (unpaired) electrons. The fourth-order valence-corrected chi connectivity index (χ4v) is 5.65. The molecule has 1 aliphatic heterocycles. The predicted octanol–water partition coefficient (Wildman–Crippen LogP) is 5.41. The van der Waals surface area contributed by atoms with Gasteiger partial charge in [-0.3, -0.25) is 4.79 Å². The van der Waals surface area contributed by atoms with Crippen molar-refractivity contribution in [2.45, 2.75) is 25.7 Å². The first-order valence-electron chi connectivity index (χ1n) is 13.8. The van der Waals surface area contributed by atoms with Crippen molar-refractivity contribution in [1.29, 1.82) is 0 Å². The molecule has 0 atom stereocenters. The van der Waals surface area contributed by atoms with Crippen LogP contribution in [0.5, 0.6) is 0 Å². The van der Waals surface area contributed by atoms with E-state index in [1.807, 2.05) is 12.1 Å². The number of aromatic amines is 2. The highest BCUT2D eigenvalue weighted by molar-refractivity contribution is 5.89. The molecule has 210 valence electrons. The van der Waals surface area contributed by atoms with Crippen LogP contribution in [0, 0.1) is 11.7 Å². The van der Waals surface area contributed by atoms with Gasteiger partial charge in [-0.25, -0.2) is 24.2 Å². The minimum Gasteiger partial charge on any atom is -0.465 e. The van der Waals surface area contributed by atoms with E-state index in [2.05, 4.69) is 32.1 Å². The number of likely N-dealkylation sites (tertiary alicyclic amines) is 1. The highest BCUT2D eigenvalue weighted by Gasteiger charge is 2.23. The molecule has 1 saturated heterocycles. The van der Waals surface area contributed by atoms with Crippen LogP contribution in [0.15, 0.2) is 65.5 Å². The van der Waals surface area contributed by atoms with E-state index in [9.17, 15) is 14.7 Å². The summed E-state index contributed by atoms with van der Waals surface area (Å²) in [7, 11) is 2.11. The SMILES string of the molecule is CN1CCC(CCN(C(=O)O)c2nc3cc(-c4cc(Cc5n[nH]c(=O)c6ccccc56)ccc4F)ccc3[nH]2)CC1. The zero-order chi connectivity index (χ0) is 28.5. The number of nitrogens with zero attached hydrogens (tertiary/aromatic N) is 4. The summed E-state index contributed by atoms with van der Waals surface area (Å²) >= 11 is 0. The second kappa shape index (κ2) is 11.1. The van der Waals surface area contributed by atoms with Gasteiger partial charge in [0.1, 0.15) is 5.82 Å². The van der Waals surface area contributed by atoms with Gasteiger partial charge in [-0.1, -0.05) is 30.3 Å². The molecule has 5 aromatic rings. The van der Waals surface area contributed by atoms with Crippen LogP contribution in [0.3, 0.4) is 0 Å². The summed E-state index contributed by atoms with van der Waals surface area (Å²) in [6.07, 6.45) is 2.25. The summed E-state index contributed by atoms with van der Waals surface area (Å²) in [4.78, 5) is 35.5. The number of hydrogen-bond donors (Lipinski definition) is 3. The Labute approximate surface area is 235 Å². The van der Waals surface area contributed by atoms with Gasteiger partial charge in [0, 0.05) is 23.9 Å². The Kier molecular flexibility index (Phi) is 7.23. The van der Waals surface area contributed by atoms with Crippen LogP contribution in [-0.2, 0) is 6.42 Å². The minimum absolute atomic E-state index is 0.251. The molecular weight excluding hydrogens is 523 g/mol. The average molecular weight is 555 g/mol. The first kappa shape index (κ1) is 26.6. The number of aromatic nitrogens is 4. The van der Waals surface area contributed by atoms with Crippen molar-refractivity contribution in [3.63, 3.8) is 0 Å². The first-order valence-corrected chi connectivity index (χ1v) is 13.8. The Morgan fingerprint density at radius 1 is 1.10 bits per heavy atom. The molecule has 3 N–H and O–H groups in total. The standard InChI is InChI=1S/C31H31FN6O3/c1-37-13-10-19(11-14-37)12-15-38(31(40)41)30-33-26-9-7-21(18-28(26)34-30)24-16-20(6-8-25(24)32)17-27-22-4-2-3-5-23(22)29(39)36-35-27/h2-9,16,18-19H,10-15,17H2,1H3,(H,33,34)(H,36,39)(H,40,41). The number of fused-ring (bicyclic) bond motifs is 2. The van der Waals surface area contributed by atoms with Crippen LogP contribution in [-0.4, -0.2) is 62.9 Å². The molecule has 10 heteroatoms. The third-order valence-electron chi connectivity index (χ3n) is 8.04. The van der Waals surface area contributed by atoms with Gasteiger partial charge in [0.25, 0.3) is 5.56 Å². The molecule has 0 spiro atoms. The van der Waals surface area contributed by atoms with E-state index in [0.717, 1.165) is 43.3 Å². The number of halogens is 1. The number of amides is 1. The van der Waals surface area contributed by atoms with Gasteiger partial charge < -0.3 is 15.0 Å². The van der Waals surface area contributed by atoms with E-state index in [0.29, 0.717) is 52.1 Å². The minimum atomic E-state index is -1.06. The second-order valence-electron chi connectivity index (χ2n) is 10.8. The van der Waals surface area contributed by atoms with Crippen LogP contribution in [0.1, 0.15) is 30.5 Å². The summed E-state index contributed by atoms with van der Waals surface area (Å²) < 4.78 is 15.1. The number of carbonyl (C=O) groups is 1. The second-order valence-corrected chi connectivity index (χ2v) is 10.8. The molecule has 1 aliphatic rings. The van der Waals surface area contributed by atoms with Crippen molar-refractivity contribution in [2.75, 3.05) is 31.6 Å². The summed E-state index contributed by atoms with van der Waals surface area (Å²) in [5, 5.41) is 18.0. The number of anilines is 1. The van der Waals surface area contributed by atoms with E-state index >= 15 is 4.39 Å². The van der Waals surface area contributed by atoms with E-state index in [1.54, 1.807) is 42.5 Å². The van der Waals surface area contributed by atoms with Crippen LogP contribution in [0.2, 0.25) is 0 Å². The van der Waals surface area contributed by atoms with Crippen LogP contribution in [0.25, 0.3) is 32.9 Å². The average Bonchev–Trinajstić information content (AvgIpc) is 3.39. The van der Waals surface area contributed by atoms with Crippen molar-refractivity contribution in [1.82, 2.24) is 25.1 Å². The number of piperidine rings is 1. The summed E-state index contributed by atoms with van der Waals surface area (Å²) in [5.74, 6) is 0.375. The smallest absolute Gasteiger partial charge is 0.414 e. The molecule has 1 fully saturated rings. The zero-order valence-electron chi connectivity index (χ0n) is 22.7. The number of rotatable bonds is 7. The molecule has 0 saturated carbocycles. The number of hydrogen-bond acceptors (Lipinski definition) is 5. The maximum atomic E-state index is 15.1. The molecule has 9 nitrogen and oxygen atoms in total. The fraction of sp³-hybridized carbons (Fsp3) is 0.290. The van der Waals surface area contributed by atoms with E-state index in [4.69, 9.17) is 0 Å². The molecule has 41 heavy (non-hydrogen) atoms. The van der Waals surface area contributed by atoms with Gasteiger partial charge in [-0.15, -0.1) is 0 Å². The van der Waals surface area contributed by atoms with Crippen LogP contribution in [0.4, 0.5) is 15.1 Å². The maximum absolute atomic E-state index is 15.1. The lowest BCUT2D eigenvalue weighted by Gasteiger charge is -2.29. The molecule has 0 aliphatic carbocycles. The first-order chi connectivity index (χ1) is 19.9. The van der Waals surface area contributed by atoms with Crippen molar-refractivity contribution in [3.05, 3.63) is 88.1 Å². The van der Waals surface area contributed by atoms with E-state index < -0.39 is 6.09 Å². The van der Waals surface area contributed by atoms with E-state index in [-0.39, 0.29) is 17.3 Å². The molecule has 1 amide bonds. The Bertz CT molecular complexity index is 1790. The van der Waals surface area contributed by atoms with Gasteiger partial charge in [-0.05, 0) is 86.8 Å². The lowest BCUT2D eigenvalue weighted by molar-refractivity contribution is 0.196. The topological polar surface area (TPSA) is 118 Å². The van der Waals surface area contributed by atoms with Crippen molar-refractivity contribution >= 4 is 33.8 Å². The van der Waals surface area contributed by atoms with Gasteiger partial charge in [0.15, 0.2) is 0 Å². The van der Waals surface area contributed by atoms with Crippen molar-refractivity contribution < 1.29 is 14.3 Å². The molecule has 6 rings (SSSR count). The maximum Gasteiger partial charge on any atom is 0.414 e. The Morgan fingerprint density at radius 3 is 2.66 bits per heavy atom. The van der Waals surface area contributed by atoms with Gasteiger partial charge >= 0.3 is 6.09 Å². The third-order valence-corrected chi connectivity index (χ3v) is 8.04. The Hall–Kier alpha value is -4.57. The number of benzene rings is 3. The molecule has 3 heterocycles. The van der Waals surface area contributed by atoms with Gasteiger partial charge in [0.2, 0.25) is 5.95 Å². The summed E-state index contributed by atoms with van der Waals surface area (Å²) in [6.45, 7) is 2.42. The quantitative estimate of drug-likeness (QED) is 0.248.